The topological polar surface area (TPSA) is 70.1 Å². The van der Waals surface area contributed by atoms with Crippen molar-refractivity contribution in [3.8, 4) is 10.7 Å². The number of nitrogens with zero attached hydrogens (tertiary/aromatic N) is 6. The fraction of sp³-hybridized carbons (Fsp3) is 0.304. The molecule has 4 aromatic heterocycles. The standard InChI is InChI=1S/C23H25N7S/c1-15-6-5-9-24-22(15)23-26-17-12-20(25-13-18(17)31-23)27-19-7-4-8-21(28-19)30-11-10-29(3)16(2)14-30/h4-9,12-13,16H,10-11,14H2,1-3H3,(H,25,27,28)/t16-/m1/s1. The van der Waals surface area contributed by atoms with Crippen LogP contribution in [0, 0.1) is 6.92 Å². The Hall–Kier alpha value is -3.10. The average Bonchev–Trinajstić information content (AvgIpc) is 3.19. The summed E-state index contributed by atoms with van der Waals surface area (Å²) in [6.07, 6.45) is 3.67. The summed E-state index contributed by atoms with van der Waals surface area (Å²) in [5.41, 5.74) is 2.95. The predicted octanol–water partition coefficient (Wildman–Crippen LogP) is 4.34. The van der Waals surface area contributed by atoms with Gasteiger partial charge in [-0.2, -0.15) is 0 Å². The fourth-order valence-corrected chi connectivity index (χ4v) is 4.75. The lowest BCUT2D eigenvalue weighted by Gasteiger charge is -2.38. The number of aryl methyl sites for hydroxylation is 1. The third kappa shape index (κ3) is 4.08. The molecule has 1 aliphatic heterocycles. The van der Waals surface area contributed by atoms with Gasteiger partial charge in [-0.15, -0.1) is 11.3 Å². The molecule has 5 heterocycles. The molecule has 5 rings (SSSR count). The fourth-order valence-electron chi connectivity index (χ4n) is 3.77. The van der Waals surface area contributed by atoms with E-state index in [2.05, 4.69) is 58.1 Å². The molecule has 1 fully saturated rings. The lowest BCUT2D eigenvalue weighted by Crippen LogP contribution is -2.50. The van der Waals surface area contributed by atoms with Crippen LogP contribution in [-0.2, 0) is 0 Å². The second-order valence-electron chi connectivity index (χ2n) is 8.01. The number of pyridine rings is 3. The SMILES string of the molecule is Cc1cccnc1-c1nc2cc(Nc3cccc(N4CCN(C)[C@H](C)C4)n3)ncc2s1. The number of nitrogens with one attached hydrogen (secondary N) is 1. The molecule has 1 atom stereocenters. The van der Waals surface area contributed by atoms with Gasteiger partial charge in [0.2, 0.25) is 0 Å². The first kappa shape index (κ1) is 19.8. The summed E-state index contributed by atoms with van der Waals surface area (Å²) in [4.78, 5) is 23.4. The van der Waals surface area contributed by atoms with E-state index in [-0.39, 0.29) is 0 Å². The monoisotopic (exact) mass is 431 g/mol. The normalized spacial score (nSPS) is 17.3. The molecule has 0 aromatic carbocycles. The zero-order valence-corrected chi connectivity index (χ0v) is 18.7. The highest BCUT2D eigenvalue weighted by molar-refractivity contribution is 7.21. The van der Waals surface area contributed by atoms with Crippen LogP contribution in [-0.4, -0.2) is 57.6 Å². The van der Waals surface area contributed by atoms with E-state index in [1.165, 1.54) is 0 Å². The lowest BCUT2D eigenvalue weighted by molar-refractivity contribution is 0.233. The maximum absolute atomic E-state index is 4.82. The number of likely N-dealkylation sites (N-methyl/N-ethyl adjacent to an activating group) is 1. The van der Waals surface area contributed by atoms with Crippen molar-refractivity contribution in [1.82, 2.24) is 24.8 Å². The number of thiazole rings is 1. The average molecular weight is 432 g/mol. The van der Waals surface area contributed by atoms with E-state index in [0.717, 1.165) is 63.6 Å². The first-order valence-electron chi connectivity index (χ1n) is 10.4. The Morgan fingerprint density at radius 3 is 2.81 bits per heavy atom. The largest absolute Gasteiger partial charge is 0.354 e. The Kier molecular flexibility index (Phi) is 5.25. The molecule has 31 heavy (non-hydrogen) atoms. The van der Waals surface area contributed by atoms with Crippen LogP contribution in [0.25, 0.3) is 20.9 Å². The second-order valence-corrected chi connectivity index (χ2v) is 9.04. The Labute approximate surface area is 185 Å². The summed E-state index contributed by atoms with van der Waals surface area (Å²) in [7, 11) is 2.17. The van der Waals surface area contributed by atoms with Crippen LogP contribution in [0.2, 0.25) is 0 Å². The summed E-state index contributed by atoms with van der Waals surface area (Å²) in [6, 6.07) is 12.6. The van der Waals surface area contributed by atoms with Gasteiger partial charge in [-0.25, -0.2) is 15.0 Å². The summed E-state index contributed by atoms with van der Waals surface area (Å²) in [5.74, 6) is 2.51. The van der Waals surface area contributed by atoms with Crippen molar-refractivity contribution in [3.05, 3.63) is 54.4 Å². The summed E-state index contributed by atoms with van der Waals surface area (Å²) >= 11 is 1.61. The van der Waals surface area contributed by atoms with Crippen LogP contribution in [0.4, 0.5) is 17.5 Å². The van der Waals surface area contributed by atoms with E-state index in [0.29, 0.717) is 6.04 Å². The molecule has 4 aromatic rings. The molecular weight excluding hydrogens is 406 g/mol. The zero-order valence-electron chi connectivity index (χ0n) is 17.9. The van der Waals surface area contributed by atoms with Gasteiger partial charge in [0.25, 0.3) is 0 Å². The first-order chi connectivity index (χ1) is 15.1. The van der Waals surface area contributed by atoms with Gasteiger partial charge < -0.3 is 15.1 Å². The highest BCUT2D eigenvalue weighted by Gasteiger charge is 2.21. The highest BCUT2D eigenvalue weighted by Crippen LogP contribution is 2.31. The highest BCUT2D eigenvalue weighted by atomic mass is 32.1. The van der Waals surface area contributed by atoms with Crippen molar-refractivity contribution in [2.24, 2.45) is 0 Å². The van der Waals surface area contributed by atoms with Gasteiger partial charge in [-0.05, 0) is 44.7 Å². The van der Waals surface area contributed by atoms with Gasteiger partial charge in [0, 0.05) is 44.1 Å². The van der Waals surface area contributed by atoms with Crippen molar-refractivity contribution in [3.63, 3.8) is 0 Å². The van der Waals surface area contributed by atoms with E-state index in [4.69, 9.17) is 9.97 Å². The number of rotatable bonds is 4. The third-order valence-electron chi connectivity index (χ3n) is 5.76. The molecule has 0 bridgehead atoms. The molecule has 0 spiro atoms. The van der Waals surface area contributed by atoms with Gasteiger partial charge in [-0.3, -0.25) is 4.98 Å². The smallest absolute Gasteiger partial charge is 0.143 e. The second kappa shape index (κ2) is 8.20. The van der Waals surface area contributed by atoms with Crippen molar-refractivity contribution in [2.45, 2.75) is 19.9 Å². The molecule has 158 valence electrons. The minimum atomic E-state index is 0.512. The predicted molar refractivity (Wildman–Crippen MR) is 127 cm³/mol. The van der Waals surface area contributed by atoms with Gasteiger partial charge in [0.1, 0.15) is 28.2 Å². The lowest BCUT2D eigenvalue weighted by atomic mass is 10.2. The molecule has 1 aliphatic rings. The molecule has 8 heteroatoms. The molecule has 7 nitrogen and oxygen atoms in total. The first-order valence-corrected chi connectivity index (χ1v) is 11.3. The van der Waals surface area contributed by atoms with E-state index in [1.807, 2.05) is 30.5 Å². The molecule has 0 saturated carbocycles. The van der Waals surface area contributed by atoms with Gasteiger partial charge in [-0.1, -0.05) is 12.1 Å². The van der Waals surface area contributed by atoms with Gasteiger partial charge in [0.15, 0.2) is 0 Å². The maximum Gasteiger partial charge on any atom is 0.143 e. The number of aromatic nitrogens is 4. The van der Waals surface area contributed by atoms with Crippen LogP contribution >= 0.6 is 11.3 Å². The third-order valence-corrected chi connectivity index (χ3v) is 6.77. The molecule has 0 amide bonds. The van der Waals surface area contributed by atoms with E-state index < -0.39 is 0 Å². The summed E-state index contributed by atoms with van der Waals surface area (Å²) in [5, 5.41) is 4.26. The molecular formula is C23H25N7S. The molecule has 1 saturated heterocycles. The maximum atomic E-state index is 4.82. The van der Waals surface area contributed by atoms with Crippen LogP contribution < -0.4 is 10.2 Å². The summed E-state index contributed by atoms with van der Waals surface area (Å²) in [6.45, 7) is 7.31. The summed E-state index contributed by atoms with van der Waals surface area (Å²) < 4.78 is 1.04. The molecule has 0 aliphatic carbocycles. The Balaban J connectivity index is 1.38. The van der Waals surface area contributed by atoms with Crippen LogP contribution in [0.3, 0.4) is 0 Å². The number of fused-ring (bicyclic) bond motifs is 1. The zero-order chi connectivity index (χ0) is 21.4. The van der Waals surface area contributed by atoms with Gasteiger partial charge >= 0.3 is 0 Å². The van der Waals surface area contributed by atoms with E-state index >= 15 is 0 Å². The number of hydrogen-bond acceptors (Lipinski definition) is 8. The minimum Gasteiger partial charge on any atom is -0.354 e. The Bertz CT molecular complexity index is 1220. The molecule has 0 radical (unpaired) electrons. The van der Waals surface area contributed by atoms with E-state index in [1.54, 1.807) is 17.5 Å². The molecule has 0 unspecified atom stereocenters. The van der Waals surface area contributed by atoms with Crippen LogP contribution in [0.1, 0.15) is 12.5 Å². The number of piperazine rings is 1. The van der Waals surface area contributed by atoms with E-state index in [9.17, 15) is 0 Å². The van der Waals surface area contributed by atoms with Crippen molar-refractivity contribution < 1.29 is 0 Å². The van der Waals surface area contributed by atoms with Crippen molar-refractivity contribution in [2.75, 3.05) is 36.9 Å². The Morgan fingerprint density at radius 2 is 1.97 bits per heavy atom. The van der Waals surface area contributed by atoms with Gasteiger partial charge in [0.05, 0.1) is 10.2 Å². The van der Waals surface area contributed by atoms with Crippen molar-refractivity contribution >= 4 is 39.0 Å². The quantitative estimate of drug-likeness (QED) is 0.515. The van der Waals surface area contributed by atoms with Crippen LogP contribution in [0.15, 0.2) is 48.8 Å². The van der Waals surface area contributed by atoms with Crippen molar-refractivity contribution in [1.29, 1.82) is 0 Å². The molecule has 1 N–H and O–H groups in total. The minimum absolute atomic E-state index is 0.512. The number of hydrogen-bond donors (Lipinski definition) is 1. The van der Waals surface area contributed by atoms with Crippen LogP contribution in [0.5, 0.6) is 0 Å². The Morgan fingerprint density at radius 1 is 1.06 bits per heavy atom. The number of anilines is 3.